The van der Waals surface area contributed by atoms with Crippen LogP contribution >= 0.6 is 0 Å². The van der Waals surface area contributed by atoms with Crippen LogP contribution in [0.3, 0.4) is 0 Å². The molecule has 0 N–H and O–H groups in total. The van der Waals surface area contributed by atoms with Gasteiger partial charge in [-0.1, -0.05) is 30.3 Å². The zero-order valence-electron chi connectivity index (χ0n) is 18.8. The molecule has 0 radical (unpaired) electrons. The molecule has 0 saturated carbocycles. The van der Waals surface area contributed by atoms with Crippen LogP contribution in [-0.2, 0) is 17.8 Å². The Morgan fingerprint density at radius 2 is 1.72 bits per heavy atom. The third-order valence-electron chi connectivity index (χ3n) is 5.61. The number of ether oxygens (including phenoxy) is 2. The quantitative estimate of drug-likeness (QED) is 0.488. The molecule has 168 valence electrons. The van der Waals surface area contributed by atoms with Crippen LogP contribution in [0.5, 0.6) is 11.5 Å². The average Bonchev–Trinajstić information content (AvgIpc) is 3.43. The van der Waals surface area contributed by atoms with Crippen LogP contribution in [0.25, 0.3) is 11.5 Å². The summed E-state index contributed by atoms with van der Waals surface area (Å²) in [5, 5.41) is 4.16. The van der Waals surface area contributed by atoms with Crippen LogP contribution in [0.1, 0.15) is 50.1 Å². The predicted molar refractivity (Wildman–Crippen MR) is 121 cm³/mol. The van der Waals surface area contributed by atoms with E-state index in [1.165, 1.54) is 5.56 Å². The van der Waals surface area contributed by atoms with Crippen molar-refractivity contribution < 1.29 is 18.8 Å². The van der Waals surface area contributed by atoms with Gasteiger partial charge in [0.05, 0.1) is 13.2 Å². The normalized spacial score (nSPS) is 15.9. The minimum Gasteiger partial charge on any atom is -0.490 e. The molecule has 1 amide bonds. The molecule has 1 aliphatic heterocycles. The Labute approximate surface area is 188 Å². The fourth-order valence-electron chi connectivity index (χ4n) is 3.91. The smallest absolute Gasteiger partial charge is 0.257 e. The third kappa shape index (κ3) is 4.77. The van der Waals surface area contributed by atoms with E-state index in [0.717, 1.165) is 23.3 Å². The molecule has 0 bridgehead atoms. The van der Waals surface area contributed by atoms with Crippen LogP contribution in [0.15, 0.2) is 47.0 Å². The van der Waals surface area contributed by atoms with Crippen molar-refractivity contribution in [1.29, 1.82) is 0 Å². The largest absolute Gasteiger partial charge is 0.490 e. The average molecular weight is 436 g/mol. The second kappa shape index (κ2) is 9.85. The molecule has 1 atom stereocenters. The van der Waals surface area contributed by atoms with Gasteiger partial charge in [0.25, 0.3) is 5.89 Å². The summed E-state index contributed by atoms with van der Waals surface area (Å²) < 4.78 is 16.8. The SMILES string of the molecule is CCOc1ccc(CN2CC(c3noc(-c4ccc(CC)cc4)n3)CC2=O)cc1OCC. The number of rotatable bonds is 9. The topological polar surface area (TPSA) is 77.7 Å². The molecule has 1 aromatic heterocycles. The number of benzene rings is 2. The van der Waals surface area contributed by atoms with Crippen molar-refractivity contribution in [3.8, 4) is 23.0 Å². The first-order valence-electron chi connectivity index (χ1n) is 11.2. The predicted octanol–water partition coefficient (Wildman–Crippen LogP) is 4.61. The number of hydrogen-bond acceptors (Lipinski definition) is 6. The number of amides is 1. The van der Waals surface area contributed by atoms with E-state index in [1.54, 1.807) is 0 Å². The molecule has 32 heavy (non-hydrogen) atoms. The van der Waals surface area contributed by atoms with Crippen LogP contribution in [-0.4, -0.2) is 40.7 Å². The maximum absolute atomic E-state index is 12.7. The van der Waals surface area contributed by atoms with Gasteiger partial charge in [-0.15, -0.1) is 0 Å². The molecular weight excluding hydrogens is 406 g/mol. The highest BCUT2D eigenvalue weighted by Crippen LogP contribution is 2.32. The number of aryl methyl sites for hydroxylation is 1. The van der Waals surface area contributed by atoms with Crippen molar-refractivity contribution in [2.45, 2.75) is 46.1 Å². The van der Waals surface area contributed by atoms with E-state index in [0.29, 0.717) is 50.2 Å². The summed E-state index contributed by atoms with van der Waals surface area (Å²) in [6, 6.07) is 13.9. The number of likely N-dealkylation sites (tertiary alicyclic amines) is 1. The summed E-state index contributed by atoms with van der Waals surface area (Å²) in [6.45, 7) is 8.18. The molecule has 3 aromatic rings. The van der Waals surface area contributed by atoms with Crippen LogP contribution in [0.4, 0.5) is 0 Å². The minimum atomic E-state index is -0.0797. The molecule has 1 unspecified atom stereocenters. The molecule has 2 aromatic carbocycles. The first kappa shape index (κ1) is 21.9. The monoisotopic (exact) mass is 435 g/mol. The molecule has 7 nitrogen and oxygen atoms in total. The second-order valence-electron chi connectivity index (χ2n) is 7.83. The minimum absolute atomic E-state index is 0.0797. The Morgan fingerprint density at radius 3 is 2.44 bits per heavy atom. The lowest BCUT2D eigenvalue weighted by atomic mass is 10.1. The van der Waals surface area contributed by atoms with E-state index in [4.69, 9.17) is 14.0 Å². The van der Waals surface area contributed by atoms with Crippen LogP contribution in [0, 0.1) is 0 Å². The van der Waals surface area contributed by atoms with Gasteiger partial charge in [-0.05, 0) is 55.7 Å². The Morgan fingerprint density at radius 1 is 1.00 bits per heavy atom. The van der Waals surface area contributed by atoms with Crippen LogP contribution < -0.4 is 9.47 Å². The number of nitrogens with zero attached hydrogens (tertiary/aromatic N) is 3. The highest BCUT2D eigenvalue weighted by Gasteiger charge is 2.34. The zero-order chi connectivity index (χ0) is 22.5. The van der Waals surface area contributed by atoms with Gasteiger partial charge in [-0.2, -0.15) is 4.98 Å². The number of hydrogen-bond donors (Lipinski definition) is 0. The molecule has 2 heterocycles. The van der Waals surface area contributed by atoms with Crippen molar-refractivity contribution in [2.24, 2.45) is 0 Å². The summed E-state index contributed by atoms with van der Waals surface area (Å²) in [5.74, 6) is 2.49. The van der Waals surface area contributed by atoms with Gasteiger partial charge < -0.3 is 18.9 Å². The number of carbonyl (C=O) groups is 1. The van der Waals surface area contributed by atoms with Gasteiger partial charge in [0, 0.05) is 31.0 Å². The summed E-state index contributed by atoms with van der Waals surface area (Å²) in [6.07, 6.45) is 1.36. The summed E-state index contributed by atoms with van der Waals surface area (Å²) in [7, 11) is 0. The maximum atomic E-state index is 12.7. The Hall–Kier alpha value is -3.35. The maximum Gasteiger partial charge on any atom is 0.257 e. The summed E-state index contributed by atoms with van der Waals surface area (Å²) in [4.78, 5) is 19.1. The summed E-state index contributed by atoms with van der Waals surface area (Å²) in [5.41, 5.74) is 3.14. The molecule has 1 saturated heterocycles. The van der Waals surface area contributed by atoms with E-state index >= 15 is 0 Å². The summed E-state index contributed by atoms with van der Waals surface area (Å²) >= 11 is 0. The van der Waals surface area contributed by atoms with E-state index < -0.39 is 0 Å². The fraction of sp³-hybridized carbons (Fsp3) is 0.400. The molecule has 4 rings (SSSR count). The van der Waals surface area contributed by atoms with E-state index in [-0.39, 0.29) is 11.8 Å². The molecule has 0 spiro atoms. The van der Waals surface area contributed by atoms with Gasteiger partial charge in [0.15, 0.2) is 17.3 Å². The Bertz CT molecular complexity index is 1060. The highest BCUT2D eigenvalue weighted by molar-refractivity contribution is 5.79. The van der Waals surface area contributed by atoms with Gasteiger partial charge in [-0.3, -0.25) is 4.79 Å². The highest BCUT2D eigenvalue weighted by atomic mass is 16.5. The lowest BCUT2D eigenvalue weighted by Gasteiger charge is -2.18. The first-order chi connectivity index (χ1) is 15.6. The van der Waals surface area contributed by atoms with Crippen molar-refractivity contribution >= 4 is 5.91 Å². The molecular formula is C25H29N3O4. The van der Waals surface area contributed by atoms with Crippen molar-refractivity contribution in [3.63, 3.8) is 0 Å². The number of aromatic nitrogens is 2. The van der Waals surface area contributed by atoms with Crippen LogP contribution in [0.2, 0.25) is 0 Å². The lowest BCUT2D eigenvalue weighted by Crippen LogP contribution is -2.24. The van der Waals surface area contributed by atoms with Gasteiger partial charge in [-0.25, -0.2) is 0 Å². The van der Waals surface area contributed by atoms with Gasteiger partial charge in [0.2, 0.25) is 5.91 Å². The molecule has 0 aliphatic carbocycles. The van der Waals surface area contributed by atoms with E-state index in [9.17, 15) is 4.79 Å². The first-order valence-corrected chi connectivity index (χ1v) is 11.2. The Kier molecular flexibility index (Phi) is 6.73. The molecule has 1 fully saturated rings. The number of carbonyl (C=O) groups excluding carboxylic acids is 1. The van der Waals surface area contributed by atoms with Gasteiger partial charge >= 0.3 is 0 Å². The van der Waals surface area contributed by atoms with Crippen molar-refractivity contribution in [3.05, 3.63) is 59.4 Å². The zero-order valence-corrected chi connectivity index (χ0v) is 18.8. The second-order valence-corrected chi connectivity index (χ2v) is 7.83. The Balaban J connectivity index is 1.44. The van der Waals surface area contributed by atoms with E-state index in [1.807, 2.05) is 49.1 Å². The molecule has 7 heteroatoms. The van der Waals surface area contributed by atoms with Gasteiger partial charge in [0.1, 0.15) is 0 Å². The third-order valence-corrected chi connectivity index (χ3v) is 5.61. The standard InChI is InChI=1S/C25H29N3O4/c1-4-17-7-10-19(11-8-17)25-26-24(27-32-25)20-14-23(29)28(16-20)15-18-9-12-21(30-5-2)22(13-18)31-6-3/h7-13,20H,4-6,14-16H2,1-3H3. The lowest BCUT2D eigenvalue weighted by molar-refractivity contribution is -0.128. The van der Waals surface area contributed by atoms with Crippen molar-refractivity contribution in [2.75, 3.05) is 19.8 Å². The molecule has 1 aliphatic rings. The van der Waals surface area contributed by atoms with E-state index in [2.05, 4.69) is 29.2 Å². The fourth-order valence-corrected chi connectivity index (χ4v) is 3.91. The van der Waals surface area contributed by atoms with Crippen molar-refractivity contribution in [1.82, 2.24) is 15.0 Å².